The van der Waals surface area contributed by atoms with Crippen molar-refractivity contribution in [3.63, 3.8) is 0 Å². The maximum atomic E-state index is 10.2. The molecule has 1 aromatic rings. The van der Waals surface area contributed by atoms with Crippen molar-refractivity contribution in [2.45, 2.75) is 64.0 Å². The van der Waals surface area contributed by atoms with Gasteiger partial charge in [0.25, 0.3) is 0 Å². The minimum atomic E-state index is -0.768. The fourth-order valence-electron chi connectivity index (χ4n) is 2.51. The van der Waals surface area contributed by atoms with Crippen LogP contribution in [0, 0.1) is 0 Å². The Labute approximate surface area is 142 Å². The summed E-state index contributed by atoms with van der Waals surface area (Å²) in [5.41, 5.74) is 9.08. The molecule has 132 valence electrons. The lowest BCUT2D eigenvalue weighted by atomic mass is 10.0. The SMILES string of the molecule is CC(C)(C)O[C@H]1O[C@@H](CN=[N+]=[N-])[C@H](O)C[C@@H]1OCc1ccccc1. The lowest BCUT2D eigenvalue weighted by Gasteiger charge is -2.41. The summed E-state index contributed by atoms with van der Waals surface area (Å²) in [6, 6.07) is 9.80. The van der Waals surface area contributed by atoms with Crippen LogP contribution in [-0.4, -0.2) is 41.9 Å². The van der Waals surface area contributed by atoms with Gasteiger partial charge in [-0.3, -0.25) is 0 Å². The Bertz CT molecular complexity index is 555. The van der Waals surface area contributed by atoms with Crippen LogP contribution in [0.25, 0.3) is 10.4 Å². The van der Waals surface area contributed by atoms with Crippen molar-refractivity contribution in [3.05, 3.63) is 46.3 Å². The zero-order valence-corrected chi connectivity index (χ0v) is 14.3. The molecule has 0 aromatic heterocycles. The van der Waals surface area contributed by atoms with Gasteiger partial charge in [-0.1, -0.05) is 35.4 Å². The number of aliphatic hydroxyl groups is 1. The molecule has 0 unspecified atom stereocenters. The van der Waals surface area contributed by atoms with Crippen molar-refractivity contribution in [2.24, 2.45) is 5.11 Å². The summed E-state index contributed by atoms with van der Waals surface area (Å²) in [4.78, 5) is 2.72. The molecule has 0 saturated carbocycles. The molecule has 1 aliphatic rings. The summed E-state index contributed by atoms with van der Waals surface area (Å²) in [6.07, 6.45) is -2.03. The molecule has 4 atom stereocenters. The van der Waals surface area contributed by atoms with Crippen LogP contribution in [0.3, 0.4) is 0 Å². The van der Waals surface area contributed by atoms with Crippen LogP contribution in [0.15, 0.2) is 35.4 Å². The molecule has 2 rings (SSSR count). The van der Waals surface area contributed by atoms with Gasteiger partial charge < -0.3 is 19.3 Å². The predicted octanol–water partition coefficient (Wildman–Crippen LogP) is 3.17. The number of ether oxygens (including phenoxy) is 3. The van der Waals surface area contributed by atoms with Crippen molar-refractivity contribution in [1.29, 1.82) is 0 Å². The average molecular weight is 335 g/mol. The molecule has 1 fully saturated rings. The zero-order chi connectivity index (χ0) is 17.6. The highest BCUT2D eigenvalue weighted by Gasteiger charge is 2.40. The Hall–Kier alpha value is -1.63. The van der Waals surface area contributed by atoms with Gasteiger partial charge in [-0.15, -0.1) is 0 Å². The van der Waals surface area contributed by atoms with Crippen molar-refractivity contribution >= 4 is 0 Å². The van der Waals surface area contributed by atoms with E-state index in [1.807, 2.05) is 51.1 Å². The largest absolute Gasteiger partial charge is 0.390 e. The standard InChI is InChI=1S/C17H25N3O4/c1-17(2,3)24-16-14(22-11-12-7-5-4-6-8-12)9-13(21)15(23-16)10-19-20-18/h4-8,13-16,21H,9-11H2,1-3H3/t13-,14+,15+,16-/m1/s1. The van der Waals surface area contributed by atoms with Crippen molar-refractivity contribution in [3.8, 4) is 0 Å². The van der Waals surface area contributed by atoms with Crippen molar-refractivity contribution < 1.29 is 19.3 Å². The molecule has 1 N–H and O–H groups in total. The number of nitrogens with zero attached hydrogens (tertiary/aromatic N) is 3. The number of azide groups is 1. The van der Waals surface area contributed by atoms with Crippen LogP contribution < -0.4 is 0 Å². The molecule has 0 spiro atoms. The first-order chi connectivity index (χ1) is 11.4. The summed E-state index contributed by atoms with van der Waals surface area (Å²) >= 11 is 0. The third-order valence-corrected chi connectivity index (χ3v) is 3.62. The summed E-state index contributed by atoms with van der Waals surface area (Å²) < 4.78 is 17.7. The molecule has 1 saturated heterocycles. The number of rotatable bonds is 6. The first-order valence-corrected chi connectivity index (χ1v) is 8.07. The smallest absolute Gasteiger partial charge is 0.184 e. The highest BCUT2D eigenvalue weighted by molar-refractivity contribution is 5.13. The van der Waals surface area contributed by atoms with Gasteiger partial charge in [0.2, 0.25) is 0 Å². The molecule has 0 radical (unpaired) electrons. The van der Waals surface area contributed by atoms with E-state index < -0.39 is 30.2 Å². The number of hydrogen-bond acceptors (Lipinski definition) is 5. The molecule has 0 aliphatic carbocycles. The van der Waals surface area contributed by atoms with Crippen LogP contribution in [0.1, 0.15) is 32.8 Å². The second-order valence-corrected chi connectivity index (χ2v) is 6.82. The maximum absolute atomic E-state index is 10.2. The van der Waals surface area contributed by atoms with E-state index in [1.54, 1.807) is 0 Å². The average Bonchev–Trinajstić information content (AvgIpc) is 2.53. The molecule has 0 bridgehead atoms. The molecule has 1 aliphatic heterocycles. The fourth-order valence-corrected chi connectivity index (χ4v) is 2.51. The molecule has 0 amide bonds. The molecular formula is C17H25N3O4. The summed E-state index contributed by atoms with van der Waals surface area (Å²) in [5.74, 6) is 0. The number of hydrogen-bond donors (Lipinski definition) is 1. The highest BCUT2D eigenvalue weighted by Crippen LogP contribution is 2.28. The Kier molecular flexibility index (Phi) is 6.60. The molecule has 7 nitrogen and oxygen atoms in total. The topological polar surface area (TPSA) is 96.7 Å². The van der Waals surface area contributed by atoms with Gasteiger partial charge in [0.05, 0.1) is 31.0 Å². The fraction of sp³-hybridized carbons (Fsp3) is 0.647. The maximum Gasteiger partial charge on any atom is 0.184 e. The van der Waals surface area contributed by atoms with Gasteiger partial charge in [-0.05, 0) is 31.9 Å². The van der Waals surface area contributed by atoms with Crippen LogP contribution in [0.5, 0.6) is 0 Å². The highest BCUT2D eigenvalue weighted by atomic mass is 16.7. The lowest BCUT2D eigenvalue weighted by Crippen LogP contribution is -2.52. The molecule has 1 heterocycles. The van der Waals surface area contributed by atoms with E-state index in [4.69, 9.17) is 19.7 Å². The van der Waals surface area contributed by atoms with Crippen molar-refractivity contribution in [2.75, 3.05) is 6.54 Å². The quantitative estimate of drug-likeness (QED) is 0.490. The molecule has 1 aromatic carbocycles. The van der Waals surface area contributed by atoms with E-state index in [2.05, 4.69) is 10.0 Å². The monoisotopic (exact) mass is 335 g/mol. The number of aliphatic hydroxyl groups excluding tert-OH is 1. The van der Waals surface area contributed by atoms with Gasteiger partial charge >= 0.3 is 0 Å². The van der Waals surface area contributed by atoms with Gasteiger partial charge in [0.1, 0.15) is 6.10 Å². The summed E-state index contributed by atoms with van der Waals surface area (Å²) in [7, 11) is 0. The minimum Gasteiger partial charge on any atom is -0.390 e. The Morgan fingerprint density at radius 3 is 2.67 bits per heavy atom. The second kappa shape index (κ2) is 8.46. The summed E-state index contributed by atoms with van der Waals surface area (Å²) in [5, 5.41) is 13.7. The first kappa shape index (κ1) is 18.7. The van der Waals surface area contributed by atoms with E-state index in [-0.39, 0.29) is 6.54 Å². The Morgan fingerprint density at radius 2 is 2.04 bits per heavy atom. The third-order valence-electron chi connectivity index (χ3n) is 3.62. The lowest BCUT2D eigenvalue weighted by molar-refractivity contribution is -0.298. The zero-order valence-electron chi connectivity index (χ0n) is 14.3. The minimum absolute atomic E-state index is 0.0626. The van der Waals surface area contributed by atoms with Gasteiger partial charge in [-0.2, -0.15) is 0 Å². The predicted molar refractivity (Wildman–Crippen MR) is 89.2 cm³/mol. The Balaban J connectivity index is 2.04. The van der Waals surface area contributed by atoms with Crippen LogP contribution in [-0.2, 0) is 20.8 Å². The van der Waals surface area contributed by atoms with E-state index in [0.717, 1.165) is 5.56 Å². The van der Waals surface area contributed by atoms with Crippen LogP contribution >= 0.6 is 0 Å². The van der Waals surface area contributed by atoms with E-state index in [1.165, 1.54) is 0 Å². The van der Waals surface area contributed by atoms with Gasteiger partial charge in [0.15, 0.2) is 6.29 Å². The Morgan fingerprint density at radius 1 is 1.33 bits per heavy atom. The third kappa shape index (κ3) is 5.78. The first-order valence-electron chi connectivity index (χ1n) is 8.07. The van der Waals surface area contributed by atoms with Crippen LogP contribution in [0.2, 0.25) is 0 Å². The van der Waals surface area contributed by atoms with E-state index in [9.17, 15) is 5.11 Å². The normalized spacial score (nSPS) is 27.5. The molecule has 24 heavy (non-hydrogen) atoms. The van der Waals surface area contributed by atoms with E-state index in [0.29, 0.717) is 13.0 Å². The van der Waals surface area contributed by atoms with Crippen molar-refractivity contribution in [1.82, 2.24) is 0 Å². The van der Waals surface area contributed by atoms with Crippen LogP contribution in [0.4, 0.5) is 0 Å². The van der Waals surface area contributed by atoms with Gasteiger partial charge in [-0.25, -0.2) is 0 Å². The second-order valence-electron chi connectivity index (χ2n) is 6.82. The molecular weight excluding hydrogens is 310 g/mol. The summed E-state index contributed by atoms with van der Waals surface area (Å²) in [6.45, 7) is 6.26. The molecule has 7 heteroatoms. The number of benzene rings is 1. The van der Waals surface area contributed by atoms with Gasteiger partial charge in [0, 0.05) is 11.3 Å². The van der Waals surface area contributed by atoms with E-state index >= 15 is 0 Å².